The van der Waals surface area contributed by atoms with Gasteiger partial charge in [0, 0.05) is 18.8 Å². The number of carbonyl (C=O) groups is 1. The molecule has 0 bridgehead atoms. The van der Waals surface area contributed by atoms with Crippen molar-refractivity contribution in [3.8, 4) is 0 Å². The number of carboxylic acids is 1. The molecule has 1 aliphatic rings. The Balaban J connectivity index is 1.68. The molecule has 23 heavy (non-hydrogen) atoms. The molecule has 1 aliphatic heterocycles. The maximum atomic E-state index is 10.8. The van der Waals surface area contributed by atoms with E-state index in [-0.39, 0.29) is 11.8 Å². The van der Waals surface area contributed by atoms with Gasteiger partial charge in [-0.05, 0) is 19.9 Å². The summed E-state index contributed by atoms with van der Waals surface area (Å²) in [6.07, 6.45) is 2.78. The van der Waals surface area contributed by atoms with Crippen LogP contribution in [0.4, 0.5) is 5.82 Å². The maximum Gasteiger partial charge on any atom is 0.356 e. The highest BCUT2D eigenvalue weighted by atomic mass is 16.5. The molecule has 122 valence electrons. The van der Waals surface area contributed by atoms with Crippen LogP contribution in [0.25, 0.3) is 0 Å². The Bertz CT molecular complexity index is 698. The molecule has 1 N–H and O–H groups in total. The summed E-state index contributed by atoms with van der Waals surface area (Å²) in [6.45, 7) is 6.63. The Morgan fingerprint density at radius 3 is 2.83 bits per heavy atom. The summed E-state index contributed by atoms with van der Waals surface area (Å²) in [5.74, 6) is -0.412. The summed E-state index contributed by atoms with van der Waals surface area (Å²) >= 11 is 0. The molecule has 0 spiro atoms. The molecule has 1 fully saturated rings. The van der Waals surface area contributed by atoms with Gasteiger partial charge in [-0.15, -0.1) is 0 Å². The summed E-state index contributed by atoms with van der Waals surface area (Å²) in [5, 5.41) is 13.3. The van der Waals surface area contributed by atoms with Crippen molar-refractivity contribution in [3.05, 3.63) is 35.5 Å². The molecule has 8 nitrogen and oxygen atoms in total. The highest BCUT2D eigenvalue weighted by Gasteiger charge is 2.23. The fraction of sp³-hybridized carbons (Fsp3) is 0.467. The zero-order valence-corrected chi connectivity index (χ0v) is 13.1. The Hall–Kier alpha value is -2.48. The summed E-state index contributed by atoms with van der Waals surface area (Å²) < 4.78 is 7.76. The van der Waals surface area contributed by atoms with Crippen molar-refractivity contribution in [1.29, 1.82) is 0 Å². The second-order valence-electron chi connectivity index (χ2n) is 5.61. The van der Waals surface area contributed by atoms with Gasteiger partial charge in [0.25, 0.3) is 0 Å². The van der Waals surface area contributed by atoms with Crippen molar-refractivity contribution < 1.29 is 14.6 Å². The van der Waals surface area contributed by atoms with Crippen molar-refractivity contribution in [2.75, 3.05) is 24.6 Å². The lowest BCUT2D eigenvalue weighted by Gasteiger charge is -2.33. The van der Waals surface area contributed by atoms with Gasteiger partial charge in [0.15, 0.2) is 5.69 Å². The Morgan fingerprint density at radius 2 is 2.22 bits per heavy atom. The quantitative estimate of drug-likeness (QED) is 0.895. The fourth-order valence-corrected chi connectivity index (χ4v) is 2.69. The van der Waals surface area contributed by atoms with Crippen LogP contribution in [0.15, 0.2) is 18.5 Å². The van der Waals surface area contributed by atoms with Crippen molar-refractivity contribution in [1.82, 2.24) is 19.7 Å². The number of hydrogen-bond donors (Lipinski definition) is 1. The first-order chi connectivity index (χ1) is 11.0. The Kier molecular flexibility index (Phi) is 4.24. The first kappa shape index (κ1) is 15.4. The van der Waals surface area contributed by atoms with E-state index in [1.54, 1.807) is 0 Å². The lowest BCUT2D eigenvalue weighted by atomic mass is 10.2. The largest absolute Gasteiger partial charge is 0.476 e. The summed E-state index contributed by atoms with van der Waals surface area (Å²) in [5.41, 5.74) is 2.04. The van der Waals surface area contributed by atoms with Crippen molar-refractivity contribution >= 4 is 11.8 Å². The predicted octanol–water partition coefficient (Wildman–Crippen LogP) is 0.894. The molecule has 8 heteroatoms. The van der Waals surface area contributed by atoms with Gasteiger partial charge in [-0.2, -0.15) is 5.10 Å². The van der Waals surface area contributed by atoms with Crippen LogP contribution in [0.1, 0.15) is 21.9 Å². The summed E-state index contributed by atoms with van der Waals surface area (Å²) in [4.78, 5) is 21.0. The highest BCUT2D eigenvalue weighted by molar-refractivity contribution is 5.84. The minimum atomic E-state index is -1.08. The van der Waals surface area contributed by atoms with E-state index in [0.717, 1.165) is 11.4 Å². The highest BCUT2D eigenvalue weighted by Crippen LogP contribution is 2.16. The third kappa shape index (κ3) is 3.48. The number of carboxylic acid groups (broad SMARTS) is 1. The molecule has 3 rings (SSSR count). The van der Waals surface area contributed by atoms with E-state index in [2.05, 4.69) is 20.0 Å². The van der Waals surface area contributed by atoms with Crippen LogP contribution in [-0.4, -0.2) is 56.6 Å². The number of morpholine rings is 1. The average Bonchev–Trinajstić information content (AvgIpc) is 2.85. The van der Waals surface area contributed by atoms with E-state index < -0.39 is 5.97 Å². The molecule has 2 aromatic rings. The molecular formula is C15H19N5O3. The standard InChI is InChI=1S/C15H19N5O3/c1-10-5-11(2)20(18-10)9-12-8-19(3-4-23-12)14-7-16-13(6-17-14)15(21)22/h5-7,12H,3-4,8-9H2,1-2H3,(H,21,22). The number of ether oxygens (including phenoxy) is 1. The van der Waals surface area contributed by atoms with E-state index >= 15 is 0 Å². The second-order valence-corrected chi connectivity index (χ2v) is 5.61. The Morgan fingerprint density at radius 1 is 1.39 bits per heavy atom. The maximum absolute atomic E-state index is 10.8. The third-order valence-electron chi connectivity index (χ3n) is 3.80. The smallest absolute Gasteiger partial charge is 0.356 e. The molecule has 1 unspecified atom stereocenters. The van der Waals surface area contributed by atoms with Gasteiger partial charge < -0.3 is 14.7 Å². The minimum absolute atomic E-state index is 0.00250. The predicted molar refractivity (Wildman–Crippen MR) is 82.6 cm³/mol. The van der Waals surface area contributed by atoms with E-state index in [4.69, 9.17) is 9.84 Å². The van der Waals surface area contributed by atoms with Crippen LogP contribution in [0.2, 0.25) is 0 Å². The van der Waals surface area contributed by atoms with Crippen LogP contribution >= 0.6 is 0 Å². The number of aryl methyl sites for hydroxylation is 2. The zero-order chi connectivity index (χ0) is 16.4. The molecule has 0 radical (unpaired) electrons. The molecule has 0 saturated carbocycles. The first-order valence-electron chi connectivity index (χ1n) is 7.46. The van der Waals surface area contributed by atoms with Crippen LogP contribution in [0, 0.1) is 13.8 Å². The number of rotatable bonds is 4. The normalized spacial score (nSPS) is 18.2. The number of aromatic nitrogens is 4. The van der Waals surface area contributed by atoms with Crippen LogP contribution < -0.4 is 4.90 Å². The van der Waals surface area contributed by atoms with Gasteiger partial charge in [-0.3, -0.25) is 4.68 Å². The lowest BCUT2D eigenvalue weighted by Crippen LogP contribution is -2.45. The van der Waals surface area contributed by atoms with Crippen molar-refractivity contribution in [2.24, 2.45) is 0 Å². The van der Waals surface area contributed by atoms with Gasteiger partial charge in [0.1, 0.15) is 5.82 Å². The van der Waals surface area contributed by atoms with Gasteiger partial charge in [-0.25, -0.2) is 14.8 Å². The fourth-order valence-electron chi connectivity index (χ4n) is 2.69. The van der Waals surface area contributed by atoms with Crippen LogP contribution in [-0.2, 0) is 11.3 Å². The van der Waals surface area contributed by atoms with Crippen molar-refractivity contribution in [3.63, 3.8) is 0 Å². The Labute approximate surface area is 133 Å². The molecule has 0 aromatic carbocycles. The number of anilines is 1. The molecule has 2 aromatic heterocycles. The van der Waals surface area contributed by atoms with Crippen LogP contribution in [0.3, 0.4) is 0 Å². The second kappa shape index (κ2) is 6.33. The third-order valence-corrected chi connectivity index (χ3v) is 3.80. The molecular weight excluding hydrogens is 298 g/mol. The van der Waals surface area contributed by atoms with Gasteiger partial charge >= 0.3 is 5.97 Å². The lowest BCUT2D eigenvalue weighted by molar-refractivity contribution is 0.0267. The number of nitrogens with zero attached hydrogens (tertiary/aromatic N) is 5. The van der Waals surface area contributed by atoms with E-state index in [1.807, 2.05) is 24.6 Å². The van der Waals surface area contributed by atoms with Gasteiger partial charge in [-0.1, -0.05) is 0 Å². The summed E-state index contributed by atoms with van der Waals surface area (Å²) in [7, 11) is 0. The molecule has 3 heterocycles. The summed E-state index contributed by atoms with van der Waals surface area (Å²) in [6, 6.07) is 2.04. The van der Waals surface area contributed by atoms with Crippen molar-refractivity contribution in [2.45, 2.75) is 26.5 Å². The molecule has 0 amide bonds. The molecule has 1 saturated heterocycles. The van der Waals surface area contributed by atoms with E-state index in [0.29, 0.717) is 32.1 Å². The number of aromatic carboxylic acids is 1. The average molecular weight is 317 g/mol. The topological polar surface area (TPSA) is 93.4 Å². The SMILES string of the molecule is Cc1cc(C)n(CC2CN(c3cnc(C(=O)O)cn3)CCO2)n1. The van der Waals surface area contributed by atoms with E-state index in [1.165, 1.54) is 12.4 Å². The zero-order valence-electron chi connectivity index (χ0n) is 13.1. The van der Waals surface area contributed by atoms with Gasteiger partial charge in [0.05, 0.1) is 37.3 Å². The van der Waals surface area contributed by atoms with Crippen LogP contribution in [0.5, 0.6) is 0 Å². The molecule has 0 aliphatic carbocycles. The minimum Gasteiger partial charge on any atom is -0.476 e. The monoisotopic (exact) mass is 317 g/mol. The van der Waals surface area contributed by atoms with E-state index in [9.17, 15) is 4.79 Å². The first-order valence-corrected chi connectivity index (χ1v) is 7.46. The molecule has 1 atom stereocenters. The number of hydrogen-bond acceptors (Lipinski definition) is 6. The van der Waals surface area contributed by atoms with Gasteiger partial charge in [0.2, 0.25) is 0 Å².